The molecule has 3 aromatic carbocycles. The van der Waals surface area contributed by atoms with Crippen LogP contribution in [0.3, 0.4) is 0 Å². The highest BCUT2D eigenvalue weighted by Gasteiger charge is 1.97. The van der Waals surface area contributed by atoms with Crippen LogP contribution in [0.15, 0.2) is 71.8 Å². The zero-order chi connectivity index (χ0) is 13.8. The van der Waals surface area contributed by atoms with E-state index >= 15 is 0 Å². The highest BCUT2D eigenvalue weighted by atomic mass is 19.1. The predicted molar refractivity (Wildman–Crippen MR) is 81.6 cm³/mol. The SMILES string of the molecule is Fc1ccc(NN=Cc2cccc3ccccc23)cc1. The monoisotopic (exact) mass is 264 g/mol. The van der Waals surface area contributed by atoms with Crippen molar-refractivity contribution < 1.29 is 4.39 Å². The van der Waals surface area contributed by atoms with E-state index in [9.17, 15) is 4.39 Å². The summed E-state index contributed by atoms with van der Waals surface area (Å²) in [7, 11) is 0. The lowest BCUT2D eigenvalue weighted by atomic mass is 10.1. The van der Waals surface area contributed by atoms with E-state index in [0.29, 0.717) is 0 Å². The van der Waals surface area contributed by atoms with Crippen molar-refractivity contribution in [2.24, 2.45) is 5.10 Å². The highest BCUT2D eigenvalue weighted by molar-refractivity contribution is 5.99. The lowest BCUT2D eigenvalue weighted by molar-refractivity contribution is 0.628. The van der Waals surface area contributed by atoms with Gasteiger partial charge in [0.15, 0.2) is 0 Å². The number of nitrogens with one attached hydrogen (secondary N) is 1. The quantitative estimate of drug-likeness (QED) is 0.549. The largest absolute Gasteiger partial charge is 0.279 e. The molecule has 0 aliphatic heterocycles. The number of hydrazone groups is 1. The third-order valence-electron chi connectivity index (χ3n) is 3.06. The summed E-state index contributed by atoms with van der Waals surface area (Å²) < 4.78 is 12.8. The number of anilines is 1. The van der Waals surface area contributed by atoms with Gasteiger partial charge in [-0.15, -0.1) is 0 Å². The van der Waals surface area contributed by atoms with Gasteiger partial charge in [-0.05, 0) is 35.0 Å². The van der Waals surface area contributed by atoms with Gasteiger partial charge in [0.1, 0.15) is 5.82 Å². The summed E-state index contributed by atoms with van der Waals surface area (Å²) in [4.78, 5) is 0. The number of rotatable bonds is 3. The molecule has 3 aromatic rings. The molecule has 0 aliphatic carbocycles. The van der Waals surface area contributed by atoms with Crippen molar-refractivity contribution in [1.82, 2.24) is 0 Å². The Morgan fingerprint density at radius 3 is 2.45 bits per heavy atom. The fraction of sp³-hybridized carbons (Fsp3) is 0. The molecule has 0 unspecified atom stereocenters. The molecule has 0 heterocycles. The first kappa shape index (κ1) is 12.4. The normalized spacial score (nSPS) is 11.1. The standard InChI is InChI=1S/C17H13FN2/c18-15-8-10-16(11-9-15)20-19-12-14-6-3-5-13-4-1-2-7-17(13)14/h1-12,20H. The molecule has 0 saturated heterocycles. The van der Waals surface area contributed by atoms with Crippen LogP contribution >= 0.6 is 0 Å². The summed E-state index contributed by atoms with van der Waals surface area (Å²) in [5.74, 6) is -0.256. The van der Waals surface area contributed by atoms with Gasteiger partial charge in [0.25, 0.3) is 0 Å². The first-order chi connectivity index (χ1) is 9.83. The second-order valence-electron chi connectivity index (χ2n) is 4.45. The van der Waals surface area contributed by atoms with Gasteiger partial charge in [0, 0.05) is 5.56 Å². The minimum Gasteiger partial charge on any atom is -0.279 e. The smallest absolute Gasteiger partial charge is 0.123 e. The van der Waals surface area contributed by atoms with Crippen LogP contribution in [0.1, 0.15) is 5.56 Å². The Balaban J connectivity index is 1.82. The molecule has 2 nitrogen and oxygen atoms in total. The Kier molecular flexibility index (Phi) is 3.42. The van der Waals surface area contributed by atoms with Crippen LogP contribution in [-0.4, -0.2) is 6.21 Å². The number of fused-ring (bicyclic) bond motifs is 1. The van der Waals surface area contributed by atoms with Crippen molar-refractivity contribution >= 4 is 22.7 Å². The summed E-state index contributed by atoms with van der Waals surface area (Å²) in [6, 6.07) is 20.3. The summed E-state index contributed by atoms with van der Waals surface area (Å²) >= 11 is 0. The van der Waals surface area contributed by atoms with Crippen LogP contribution in [-0.2, 0) is 0 Å². The molecule has 20 heavy (non-hydrogen) atoms. The Morgan fingerprint density at radius 2 is 1.60 bits per heavy atom. The van der Waals surface area contributed by atoms with Crippen molar-refractivity contribution in [2.45, 2.75) is 0 Å². The number of hydrogen-bond acceptors (Lipinski definition) is 2. The summed E-state index contributed by atoms with van der Waals surface area (Å²) in [5, 5.41) is 6.53. The molecule has 3 heteroatoms. The second kappa shape index (κ2) is 5.53. The molecule has 0 saturated carbocycles. The van der Waals surface area contributed by atoms with Crippen molar-refractivity contribution in [2.75, 3.05) is 5.43 Å². The number of hydrogen-bond donors (Lipinski definition) is 1. The maximum atomic E-state index is 12.8. The molecule has 0 atom stereocenters. The number of nitrogens with zero attached hydrogens (tertiary/aromatic N) is 1. The van der Waals surface area contributed by atoms with Crippen molar-refractivity contribution in [3.63, 3.8) is 0 Å². The van der Waals surface area contributed by atoms with E-state index in [0.717, 1.165) is 16.6 Å². The molecule has 0 amide bonds. The van der Waals surface area contributed by atoms with E-state index < -0.39 is 0 Å². The summed E-state index contributed by atoms with van der Waals surface area (Å²) in [6.07, 6.45) is 1.77. The van der Waals surface area contributed by atoms with Gasteiger partial charge in [0.2, 0.25) is 0 Å². The topological polar surface area (TPSA) is 24.4 Å². The van der Waals surface area contributed by atoms with Crippen LogP contribution in [0.5, 0.6) is 0 Å². The van der Waals surface area contributed by atoms with E-state index in [4.69, 9.17) is 0 Å². The van der Waals surface area contributed by atoms with E-state index in [1.165, 1.54) is 17.5 Å². The first-order valence-corrected chi connectivity index (χ1v) is 6.35. The van der Waals surface area contributed by atoms with Crippen molar-refractivity contribution in [3.05, 3.63) is 78.1 Å². The predicted octanol–water partition coefficient (Wildman–Crippen LogP) is 4.42. The third kappa shape index (κ3) is 2.67. The Hall–Kier alpha value is -2.68. The first-order valence-electron chi connectivity index (χ1n) is 6.35. The van der Waals surface area contributed by atoms with E-state index in [1.807, 2.05) is 24.3 Å². The van der Waals surface area contributed by atoms with Gasteiger partial charge >= 0.3 is 0 Å². The molecular formula is C17H13FN2. The van der Waals surface area contributed by atoms with Crippen LogP contribution in [0, 0.1) is 5.82 Å². The Labute approximate surface area is 116 Å². The van der Waals surface area contributed by atoms with Gasteiger partial charge in [-0.3, -0.25) is 5.43 Å². The molecule has 3 rings (SSSR count). The molecule has 98 valence electrons. The van der Waals surface area contributed by atoms with E-state index in [2.05, 4.69) is 28.7 Å². The van der Waals surface area contributed by atoms with Crippen LogP contribution in [0.4, 0.5) is 10.1 Å². The average molecular weight is 264 g/mol. The number of benzene rings is 3. The molecule has 0 radical (unpaired) electrons. The van der Waals surface area contributed by atoms with Crippen LogP contribution in [0.2, 0.25) is 0 Å². The fourth-order valence-corrected chi connectivity index (χ4v) is 2.06. The molecule has 0 aliphatic rings. The molecule has 0 fully saturated rings. The Bertz CT molecular complexity index is 743. The maximum Gasteiger partial charge on any atom is 0.123 e. The fourth-order valence-electron chi connectivity index (χ4n) is 2.06. The molecule has 0 aromatic heterocycles. The second-order valence-corrected chi connectivity index (χ2v) is 4.45. The molecule has 0 spiro atoms. The van der Waals surface area contributed by atoms with Gasteiger partial charge in [0.05, 0.1) is 11.9 Å². The van der Waals surface area contributed by atoms with Gasteiger partial charge in [-0.2, -0.15) is 5.10 Å². The minimum atomic E-state index is -0.256. The third-order valence-corrected chi connectivity index (χ3v) is 3.06. The van der Waals surface area contributed by atoms with Gasteiger partial charge in [-0.1, -0.05) is 42.5 Å². The van der Waals surface area contributed by atoms with Crippen molar-refractivity contribution in [1.29, 1.82) is 0 Å². The van der Waals surface area contributed by atoms with Crippen molar-refractivity contribution in [3.8, 4) is 0 Å². The minimum absolute atomic E-state index is 0.256. The lowest BCUT2D eigenvalue weighted by Gasteiger charge is -2.02. The zero-order valence-corrected chi connectivity index (χ0v) is 10.8. The van der Waals surface area contributed by atoms with Gasteiger partial charge < -0.3 is 0 Å². The highest BCUT2D eigenvalue weighted by Crippen LogP contribution is 2.17. The lowest BCUT2D eigenvalue weighted by Crippen LogP contribution is -1.91. The van der Waals surface area contributed by atoms with E-state index in [1.54, 1.807) is 18.3 Å². The van der Waals surface area contributed by atoms with Gasteiger partial charge in [-0.25, -0.2) is 4.39 Å². The average Bonchev–Trinajstić information content (AvgIpc) is 2.49. The Morgan fingerprint density at radius 1 is 0.850 bits per heavy atom. The molecule has 0 bridgehead atoms. The zero-order valence-electron chi connectivity index (χ0n) is 10.8. The summed E-state index contributed by atoms with van der Waals surface area (Å²) in [6.45, 7) is 0. The summed E-state index contributed by atoms with van der Waals surface area (Å²) in [5.41, 5.74) is 4.68. The molecule has 1 N–H and O–H groups in total. The van der Waals surface area contributed by atoms with Crippen LogP contribution < -0.4 is 5.43 Å². The maximum absolute atomic E-state index is 12.8. The number of halogens is 1. The van der Waals surface area contributed by atoms with E-state index in [-0.39, 0.29) is 5.82 Å². The molecular weight excluding hydrogens is 251 g/mol. The van der Waals surface area contributed by atoms with Crippen LogP contribution in [0.25, 0.3) is 10.8 Å².